The van der Waals surface area contributed by atoms with E-state index >= 15 is 0 Å². The van der Waals surface area contributed by atoms with Crippen molar-refractivity contribution in [3.8, 4) is 0 Å². The van der Waals surface area contributed by atoms with Crippen LogP contribution in [0.25, 0.3) is 0 Å². The number of aromatic nitrogens is 1. The molecule has 138 valence electrons. The lowest BCUT2D eigenvalue weighted by Crippen LogP contribution is -2.46. The third kappa shape index (κ3) is 4.58. The molecule has 1 aliphatic rings. The van der Waals surface area contributed by atoms with E-state index in [9.17, 15) is 14.4 Å². The number of hydrazine groups is 1. The summed E-state index contributed by atoms with van der Waals surface area (Å²) in [5.41, 5.74) is 4.68. The second-order valence-electron chi connectivity index (χ2n) is 5.28. The molecule has 0 aromatic carbocycles. The van der Waals surface area contributed by atoms with Crippen molar-refractivity contribution in [3.05, 3.63) is 35.2 Å². The van der Waals surface area contributed by atoms with Crippen molar-refractivity contribution in [1.29, 1.82) is 0 Å². The van der Waals surface area contributed by atoms with E-state index in [0.717, 1.165) is 18.2 Å². The third-order valence-corrected chi connectivity index (χ3v) is 4.38. The largest absolute Gasteiger partial charge is 0.459 e. The second-order valence-corrected chi connectivity index (χ2v) is 6.11. The maximum atomic E-state index is 12.0. The molecule has 2 aromatic rings. The lowest BCUT2D eigenvalue weighted by atomic mass is 10.4. The number of carbonyl (C=O) groups is 3. The minimum atomic E-state index is -0.582. The van der Waals surface area contributed by atoms with Crippen LogP contribution in [0, 0.1) is 0 Å². The molecule has 3 heterocycles. The molecule has 2 aromatic heterocycles. The monoisotopic (exact) mass is 379 g/mol. The first-order chi connectivity index (χ1) is 12.6. The Balaban J connectivity index is 1.42. The van der Waals surface area contributed by atoms with Crippen molar-refractivity contribution in [2.24, 2.45) is 0 Å². The average Bonchev–Trinajstić information content (AvgIpc) is 3.37. The van der Waals surface area contributed by atoms with Crippen LogP contribution >= 0.6 is 11.3 Å². The molecule has 10 nitrogen and oxygen atoms in total. The third-order valence-electron chi connectivity index (χ3n) is 3.48. The van der Waals surface area contributed by atoms with Crippen molar-refractivity contribution in [1.82, 2.24) is 21.2 Å². The molecule has 0 unspecified atom stereocenters. The minimum Gasteiger partial charge on any atom is -0.459 e. The number of nitrogens with zero attached hydrogens (tertiary/aromatic N) is 2. The number of nitrogens with one attached hydrogen (secondary N) is 3. The van der Waals surface area contributed by atoms with E-state index in [1.165, 1.54) is 23.7 Å². The van der Waals surface area contributed by atoms with Crippen LogP contribution in [0.5, 0.6) is 0 Å². The number of carbonyl (C=O) groups excluding carboxylic acids is 3. The molecule has 0 atom stereocenters. The standard InChI is InChI=1S/C15H17N5O5S/c21-12(8-16-14(23)11-2-1-5-25-11)18-19-13(22)10-9-26-15(17-10)20-3-6-24-7-4-20/h1-2,5,9H,3-4,6-8H2,(H,16,23)(H,18,21)(H,19,22). The van der Waals surface area contributed by atoms with Gasteiger partial charge >= 0.3 is 0 Å². The number of thiazole rings is 1. The molecule has 3 N–H and O–H groups in total. The van der Waals surface area contributed by atoms with Gasteiger partial charge in [0.25, 0.3) is 17.7 Å². The fraction of sp³-hybridized carbons (Fsp3) is 0.333. The van der Waals surface area contributed by atoms with Crippen molar-refractivity contribution < 1.29 is 23.5 Å². The SMILES string of the molecule is O=C(CNC(=O)c1ccco1)NNC(=O)c1csc(N2CCOCC2)n1. The van der Waals surface area contributed by atoms with E-state index < -0.39 is 17.7 Å². The number of hydrogen-bond donors (Lipinski definition) is 3. The first kappa shape index (κ1) is 17.9. The Labute approximate surface area is 152 Å². The van der Waals surface area contributed by atoms with Crippen molar-refractivity contribution >= 4 is 34.2 Å². The summed E-state index contributed by atoms with van der Waals surface area (Å²) in [7, 11) is 0. The van der Waals surface area contributed by atoms with Gasteiger partial charge < -0.3 is 19.4 Å². The van der Waals surface area contributed by atoms with Gasteiger partial charge in [0, 0.05) is 18.5 Å². The smallest absolute Gasteiger partial charge is 0.289 e. The number of ether oxygens (including phenoxy) is 1. The van der Waals surface area contributed by atoms with E-state index in [4.69, 9.17) is 9.15 Å². The van der Waals surface area contributed by atoms with Crippen molar-refractivity contribution in [2.45, 2.75) is 0 Å². The molecule has 1 fully saturated rings. The number of anilines is 1. The molecular weight excluding hydrogens is 362 g/mol. The fourth-order valence-corrected chi connectivity index (χ4v) is 3.02. The molecule has 0 aliphatic carbocycles. The lowest BCUT2D eigenvalue weighted by molar-refractivity contribution is -0.120. The summed E-state index contributed by atoms with van der Waals surface area (Å²) < 4.78 is 10.2. The van der Waals surface area contributed by atoms with Gasteiger partial charge in [-0.2, -0.15) is 0 Å². The predicted octanol–water partition coefficient (Wildman–Crippen LogP) is -0.236. The molecule has 0 spiro atoms. The average molecular weight is 379 g/mol. The Morgan fingerprint density at radius 3 is 2.73 bits per heavy atom. The minimum absolute atomic E-state index is 0.0972. The van der Waals surface area contributed by atoms with Gasteiger partial charge in [-0.25, -0.2) is 4.98 Å². The second kappa shape index (κ2) is 8.45. The molecule has 11 heteroatoms. The van der Waals surface area contributed by atoms with Crippen LogP contribution in [0.3, 0.4) is 0 Å². The Bertz CT molecular complexity index is 769. The van der Waals surface area contributed by atoms with Crippen LogP contribution < -0.4 is 21.1 Å². The topological polar surface area (TPSA) is 126 Å². The van der Waals surface area contributed by atoms with Gasteiger partial charge in [0.2, 0.25) is 0 Å². The molecule has 3 rings (SSSR count). The van der Waals surface area contributed by atoms with Crippen molar-refractivity contribution in [2.75, 3.05) is 37.7 Å². The summed E-state index contributed by atoms with van der Waals surface area (Å²) >= 11 is 1.35. The number of rotatable bonds is 5. The van der Waals surface area contributed by atoms with Gasteiger partial charge in [0.05, 0.1) is 26.0 Å². The number of morpholine rings is 1. The molecule has 3 amide bonds. The normalized spacial score (nSPS) is 13.9. The van der Waals surface area contributed by atoms with Gasteiger partial charge in [0.1, 0.15) is 5.69 Å². The van der Waals surface area contributed by atoms with Gasteiger partial charge in [-0.15, -0.1) is 11.3 Å². The Hall–Kier alpha value is -2.92. The highest BCUT2D eigenvalue weighted by Crippen LogP contribution is 2.21. The van der Waals surface area contributed by atoms with Gasteiger partial charge in [-0.1, -0.05) is 0 Å². The summed E-state index contributed by atoms with van der Waals surface area (Å²) in [5, 5.41) is 4.72. The van der Waals surface area contributed by atoms with E-state index in [0.29, 0.717) is 13.2 Å². The van der Waals surface area contributed by atoms with Crippen LogP contribution in [0.15, 0.2) is 28.2 Å². The van der Waals surface area contributed by atoms with E-state index in [-0.39, 0.29) is 18.0 Å². The first-order valence-corrected chi connectivity index (χ1v) is 8.70. The highest BCUT2D eigenvalue weighted by atomic mass is 32.1. The molecule has 0 radical (unpaired) electrons. The lowest BCUT2D eigenvalue weighted by Gasteiger charge is -2.25. The summed E-state index contributed by atoms with van der Waals surface area (Å²) in [6.07, 6.45) is 1.36. The number of amides is 3. The zero-order chi connectivity index (χ0) is 18.4. The fourth-order valence-electron chi connectivity index (χ4n) is 2.16. The number of furan rings is 1. The highest BCUT2D eigenvalue weighted by Gasteiger charge is 2.18. The summed E-state index contributed by atoms with van der Waals surface area (Å²) in [6, 6.07) is 3.04. The van der Waals surface area contributed by atoms with Crippen LogP contribution in [-0.4, -0.2) is 55.6 Å². The van der Waals surface area contributed by atoms with Gasteiger partial charge in [-0.3, -0.25) is 25.2 Å². The maximum absolute atomic E-state index is 12.0. The number of hydrogen-bond acceptors (Lipinski definition) is 8. The first-order valence-electron chi connectivity index (χ1n) is 7.82. The maximum Gasteiger partial charge on any atom is 0.289 e. The van der Waals surface area contributed by atoms with Crippen molar-refractivity contribution in [3.63, 3.8) is 0 Å². The zero-order valence-electron chi connectivity index (χ0n) is 13.7. The Kier molecular flexibility index (Phi) is 5.81. The Morgan fingerprint density at radius 2 is 2.00 bits per heavy atom. The molecule has 26 heavy (non-hydrogen) atoms. The van der Waals surface area contributed by atoms with E-state index in [1.54, 1.807) is 11.4 Å². The van der Waals surface area contributed by atoms with Gasteiger partial charge in [0.15, 0.2) is 10.9 Å². The van der Waals surface area contributed by atoms with Crippen LogP contribution in [0.1, 0.15) is 21.0 Å². The van der Waals surface area contributed by atoms with E-state index in [2.05, 4.69) is 21.2 Å². The zero-order valence-corrected chi connectivity index (χ0v) is 14.5. The predicted molar refractivity (Wildman–Crippen MR) is 91.8 cm³/mol. The highest BCUT2D eigenvalue weighted by molar-refractivity contribution is 7.13. The Morgan fingerprint density at radius 1 is 1.19 bits per heavy atom. The molecule has 0 saturated carbocycles. The summed E-state index contributed by atoms with van der Waals surface area (Å²) in [4.78, 5) is 41.7. The van der Waals surface area contributed by atoms with Crippen LogP contribution in [0.2, 0.25) is 0 Å². The van der Waals surface area contributed by atoms with Crippen LogP contribution in [-0.2, 0) is 9.53 Å². The quantitative estimate of drug-likeness (QED) is 0.612. The molecule has 1 aliphatic heterocycles. The summed E-state index contributed by atoms with van der Waals surface area (Å²) in [5.74, 6) is -1.54. The molecular formula is C15H17N5O5S. The van der Waals surface area contributed by atoms with Crippen LogP contribution in [0.4, 0.5) is 5.13 Å². The van der Waals surface area contributed by atoms with E-state index in [1.807, 2.05) is 4.90 Å². The molecule has 0 bridgehead atoms. The molecule has 1 saturated heterocycles. The summed E-state index contributed by atoms with van der Waals surface area (Å²) in [6.45, 7) is 2.39. The van der Waals surface area contributed by atoms with Gasteiger partial charge in [-0.05, 0) is 12.1 Å².